The van der Waals surface area contributed by atoms with E-state index in [1.165, 1.54) is 18.2 Å². The molecule has 0 saturated heterocycles. The summed E-state index contributed by atoms with van der Waals surface area (Å²) in [5.41, 5.74) is 7.33. The Labute approximate surface area is 114 Å². The topological polar surface area (TPSA) is 48.1 Å². The summed E-state index contributed by atoms with van der Waals surface area (Å²) in [5, 5.41) is 0. The van der Waals surface area contributed by atoms with Crippen molar-refractivity contribution in [2.24, 2.45) is 5.73 Å². The number of halogens is 3. The van der Waals surface area contributed by atoms with Crippen LogP contribution in [-0.4, -0.2) is 11.3 Å². The number of rotatable bonds is 4. The zero-order valence-corrected chi connectivity index (χ0v) is 10.5. The molecule has 2 aromatic rings. The fraction of sp³-hybridized carbons (Fsp3) is 0.214. The molecule has 1 aromatic carbocycles. The lowest BCUT2D eigenvalue weighted by molar-refractivity contribution is -0.274. The number of pyridine rings is 1. The quantitative estimate of drug-likeness (QED) is 0.936. The van der Waals surface area contributed by atoms with Crippen LogP contribution in [0.15, 0.2) is 48.7 Å². The summed E-state index contributed by atoms with van der Waals surface area (Å²) in [6.07, 6.45) is -2.62. The number of alkyl halides is 3. The van der Waals surface area contributed by atoms with E-state index in [1.807, 2.05) is 12.1 Å². The molecule has 0 radical (unpaired) electrons. The lowest BCUT2D eigenvalue weighted by atomic mass is 10.0. The fourth-order valence-corrected chi connectivity index (χ4v) is 1.80. The van der Waals surface area contributed by atoms with Crippen LogP contribution in [0.2, 0.25) is 0 Å². The minimum absolute atomic E-state index is 0.272. The van der Waals surface area contributed by atoms with Crippen molar-refractivity contribution >= 4 is 0 Å². The molecule has 0 aliphatic heterocycles. The summed E-state index contributed by atoms with van der Waals surface area (Å²) in [4.78, 5) is 4.13. The number of nitrogens with two attached hydrogens (primary N) is 1. The largest absolute Gasteiger partial charge is 0.573 e. The van der Waals surface area contributed by atoms with Crippen molar-refractivity contribution < 1.29 is 17.9 Å². The molecular weight excluding hydrogens is 269 g/mol. The van der Waals surface area contributed by atoms with E-state index < -0.39 is 12.4 Å². The minimum Gasteiger partial charge on any atom is -0.406 e. The second-order valence-corrected chi connectivity index (χ2v) is 4.25. The smallest absolute Gasteiger partial charge is 0.406 e. The van der Waals surface area contributed by atoms with E-state index in [-0.39, 0.29) is 5.75 Å². The Morgan fingerprint density at radius 2 is 1.95 bits per heavy atom. The molecule has 3 nitrogen and oxygen atoms in total. The van der Waals surface area contributed by atoms with Crippen molar-refractivity contribution in [3.05, 3.63) is 59.9 Å². The number of hydrogen-bond acceptors (Lipinski definition) is 3. The van der Waals surface area contributed by atoms with Crippen LogP contribution in [0, 0.1) is 0 Å². The molecule has 0 amide bonds. The first-order valence-electron chi connectivity index (χ1n) is 5.95. The Morgan fingerprint density at radius 1 is 1.15 bits per heavy atom. The summed E-state index contributed by atoms with van der Waals surface area (Å²) in [6.45, 7) is 0. The van der Waals surface area contributed by atoms with Crippen LogP contribution in [0.3, 0.4) is 0 Å². The van der Waals surface area contributed by atoms with Crippen LogP contribution in [-0.2, 0) is 6.42 Å². The van der Waals surface area contributed by atoms with Crippen LogP contribution < -0.4 is 10.5 Å². The predicted octanol–water partition coefficient (Wildman–Crippen LogP) is 3.22. The SMILES string of the molecule is NC(Cc1ccccn1)c1cccc(OC(F)(F)F)c1. The third-order valence-electron chi connectivity index (χ3n) is 2.68. The average Bonchev–Trinajstić information content (AvgIpc) is 2.38. The van der Waals surface area contributed by atoms with E-state index in [0.717, 1.165) is 5.69 Å². The molecular formula is C14H13F3N2O. The Bertz CT molecular complexity index is 558. The van der Waals surface area contributed by atoms with E-state index in [0.29, 0.717) is 12.0 Å². The van der Waals surface area contributed by atoms with Gasteiger partial charge >= 0.3 is 6.36 Å². The highest BCUT2D eigenvalue weighted by Gasteiger charge is 2.31. The van der Waals surface area contributed by atoms with Gasteiger partial charge in [-0.3, -0.25) is 4.98 Å². The molecule has 2 rings (SSSR count). The maximum atomic E-state index is 12.2. The molecule has 0 saturated carbocycles. The second-order valence-electron chi connectivity index (χ2n) is 4.25. The Balaban J connectivity index is 2.10. The fourth-order valence-electron chi connectivity index (χ4n) is 1.80. The highest BCUT2D eigenvalue weighted by Crippen LogP contribution is 2.25. The Hall–Kier alpha value is -2.08. The molecule has 20 heavy (non-hydrogen) atoms. The van der Waals surface area contributed by atoms with E-state index in [4.69, 9.17) is 5.73 Å². The molecule has 0 bridgehead atoms. The van der Waals surface area contributed by atoms with Crippen molar-refractivity contribution in [2.45, 2.75) is 18.8 Å². The van der Waals surface area contributed by atoms with Crippen LogP contribution in [0.5, 0.6) is 5.75 Å². The number of aromatic nitrogens is 1. The van der Waals surface area contributed by atoms with Gasteiger partial charge in [0, 0.05) is 24.4 Å². The predicted molar refractivity (Wildman–Crippen MR) is 68.0 cm³/mol. The van der Waals surface area contributed by atoms with Gasteiger partial charge in [0.2, 0.25) is 0 Å². The highest BCUT2D eigenvalue weighted by molar-refractivity contribution is 5.31. The van der Waals surface area contributed by atoms with Crippen LogP contribution >= 0.6 is 0 Å². The summed E-state index contributed by atoms with van der Waals surface area (Å²) in [5.74, 6) is -0.272. The van der Waals surface area contributed by atoms with Crippen molar-refractivity contribution in [3.63, 3.8) is 0 Å². The van der Waals surface area contributed by atoms with Gasteiger partial charge in [-0.25, -0.2) is 0 Å². The molecule has 1 heterocycles. The van der Waals surface area contributed by atoms with E-state index in [2.05, 4.69) is 9.72 Å². The molecule has 6 heteroatoms. The van der Waals surface area contributed by atoms with Gasteiger partial charge in [-0.05, 0) is 29.8 Å². The van der Waals surface area contributed by atoms with Gasteiger partial charge in [0.25, 0.3) is 0 Å². The second kappa shape index (κ2) is 5.92. The molecule has 1 unspecified atom stereocenters. The van der Waals surface area contributed by atoms with Gasteiger partial charge in [-0.1, -0.05) is 18.2 Å². The highest BCUT2D eigenvalue weighted by atomic mass is 19.4. The summed E-state index contributed by atoms with van der Waals surface area (Å²) >= 11 is 0. The molecule has 0 fully saturated rings. The first-order chi connectivity index (χ1) is 9.44. The Kier molecular flexibility index (Phi) is 4.24. The third-order valence-corrected chi connectivity index (χ3v) is 2.68. The van der Waals surface area contributed by atoms with Crippen molar-refractivity contribution in [3.8, 4) is 5.75 Å². The number of nitrogens with zero attached hydrogens (tertiary/aromatic N) is 1. The van der Waals surface area contributed by atoms with Gasteiger partial charge in [-0.15, -0.1) is 13.2 Å². The molecule has 0 aliphatic carbocycles. The molecule has 2 N–H and O–H groups in total. The van der Waals surface area contributed by atoms with Gasteiger partial charge in [-0.2, -0.15) is 0 Å². The van der Waals surface area contributed by atoms with Crippen LogP contribution in [0.1, 0.15) is 17.3 Å². The molecule has 0 spiro atoms. The molecule has 106 valence electrons. The van der Waals surface area contributed by atoms with Gasteiger partial charge < -0.3 is 10.5 Å². The van der Waals surface area contributed by atoms with Gasteiger partial charge in [0.15, 0.2) is 0 Å². The van der Waals surface area contributed by atoms with Crippen molar-refractivity contribution in [1.82, 2.24) is 4.98 Å². The summed E-state index contributed by atoms with van der Waals surface area (Å²) in [6, 6.07) is 10.7. The van der Waals surface area contributed by atoms with Gasteiger partial charge in [0.1, 0.15) is 5.75 Å². The van der Waals surface area contributed by atoms with Crippen molar-refractivity contribution in [1.29, 1.82) is 0 Å². The minimum atomic E-state index is -4.70. The Morgan fingerprint density at radius 3 is 2.60 bits per heavy atom. The van der Waals surface area contributed by atoms with E-state index in [9.17, 15) is 13.2 Å². The lowest BCUT2D eigenvalue weighted by Crippen LogP contribution is -2.18. The normalized spacial score (nSPS) is 13.0. The first kappa shape index (κ1) is 14.3. The number of ether oxygens (including phenoxy) is 1. The molecule has 1 aromatic heterocycles. The first-order valence-corrected chi connectivity index (χ1v) is 5.95. The van der Waals surface area contributed by atoms with Crippen LogP contribution in [0.4, 0.5) is 13.2 Å². The van der Waals surface area contributed by atoms with E-state index in [1.54, 1.807) is 18.3 Å². The average molecular weight is 282 g/mol. The van der Waals surface area contributed by atoms with Crippen molar-refractivity contribution in [2.75, 3.05) is 0 Å². The third kappa shape index (κ3) is 4.24. The summed E-state index contributed by atoms with van der Waals surface area (Å²) in [7, 11) is 0. The monoisotopic (exact) mass is 282 g/mol. The maximum Gasteiger partial charge on any atom is 0.573 e. The molecule has 1 atom stereocenters. The number of hydrogen-bond donors (Lipinski definition) is 1. The maximum absolute atomic E-state index is 12.2. The zero-order valence-electron chi connectivity index (χ0n) is 10.5. The van der Waals surface area contributed by atoms with Crippen LogP contribution in [0.25, 0.3) is 0 Å². The van der Waals surface area contributed by atoms with Gasteiger partial charge in [0.05, 0.1) is 0 Å². The number of benzene rings is 1. The summed E-state index contributed by atoms with van der Waals surface area (Å²) < 4.78 is 40.3. The molecule has 0 aliphatic rings. The lowest BCUT2D eigenvalue weighted by Gasteiger charge is -2.14. The van der Waals surface area contributed by atoms with E-state index >= 15 is 0 Å². The standard InChI is InChI=1S/C14H13F3N2O/c15-14(16,17)20-12-6-3-4-10(8-12)13(18)9-11-5-1-2-7-19-11/h1-8,13H,9,18H2. The zero-order chi connectivity index (χ0) is 14.6.